The van der Waals surface area contributed by atoms with Gasteiger partial charge in [-0.3, -0.25) is 0 Å². The van der Waals surface area contributed by atoms with Crippen LogP contribution in [0.3, 0.4) is 0 Å². The summed E-state index contributed by atoms with van der Waals surface area (Å²) in [6.07, 6.45) is 1.16. The predicted molar refractivity (Wildman–Crippen MR) is 72.9 cm³/mol. The van der Waals surface area contributed by atoms with Gasteiger partial charge in [0.1, 0.15) is 11.6 Å². The third-order valence-electron chi connectivity index (χ3n) is 3.60. The van der Waals surface area contributed by atoms with E-state index in [0.29, 0.717) is 18.3 Å². The van der Waals surface area contributed by atoms with Crippen molar-refractivity contribution in [1.29, 1.82) is 0 Å². The fourth-order valence-corrected chi connectivity index (χ4v) is 2.60. The van der Waals surface area contributed by atoms with Crippen molar-refractivity contribution in [3.63, 3.8) is 0 Å². The first kappa shape index (κ1) is 13.9. The van der Waals surface area contributed by atoms with Crippen LogP contribution in [-0.2, 0) is 11.3 Å². The van der Waals surface area contributed by atoms with E-state index >= 15 is 0 Å². The molecule has 1 atom stereocenters. The van der Waals surface area contributed by atoms with E-state index in [1.165, 1.54) is 0 Å². The highest BCUT2D eigenvalue weighted by Gasteiger charge is 2.24. The van der Waals surface area contributed by atoms with E-state index in [2.05, 4.69) is 16.9 Å². The van der Waals surface area contributed by atoms with Gasteiger partial charge in [-0.15, -0.1) is 0 Å². The maximum Gasteiger partial charge on any atom is 0.360 e. The van der Waals surface area contributed by atoms with E-state index in [-0.39, 0.29) is 5.69 Å². The van der Waals surface area contributed by atoms with Gasteiger partial charge in [-0.05, 0) is 39.8 Å². The molecule has 106 valence electrons. The molecule has 2 rings (SSSR count). The van der Waals surface area contributed by atoms with Crippen molar-refractivity contribution in [2.45, 2.75) is 26.8 Å². The van der Waals surface area contributed by atoms with Gasteiger partial charge in [0.15, 0.2) is 5.69 Å². The second kappa shape index (κ2) is 5.61. The molecule has 19 heavy (non-hydrogen) atoms. The highest BCUT2D eigenvalue weighted by Crippen LogP contribution is 2.22. The maximum atomic E-state index is 11.7. The quantitative estimate of drug-likeness (QED) is 0.820. The lowest BCUT2D eigenvalue weighted by Crippen LogP contribution is -2.18. The second-order valence-corrected chi connectivity index (χ2v) is 5.14. The van der Waals surface area contributed by atoms with Crippen LogP contribution < -0.4 is 5.73 Å². The van der Waals surface area contributed by atoms with E-state index in [1.54, 1.807) is 6.92 Å². The van der Waals surface area contributed by atoms with E-state index in [0.717, 1.165) is 31.9 Å². The summed E-state index contributed by atoms with van der Waals surface area (Å²) in [4.78, 5) is 18.3. The fraction of sp³-hybridized carbons (Fsp3) is 0.692. The number of hydrogen-bond acceptors (Lipinski definition) is 5. The minimum atomic E-state index is -0.439. The van der Waals surface area contributed by atoms with E-state index < -0.39 is 5.97 Å². The van der Waals surface area contributed by atoms with Gasteiger partial charge in [-0.2, -0.15) is 0 Å². The Kier molecular flexibility index (Phi) is 4.09. The first-order chi connectivity index (χ1) is 9.02. The normalized spacial score (nSPS) is 19.8. The van der Waals surface area contributed by atoms with Crippen LogP contribution in [0.15, 0.2) is 0 Å². The van der Waals surface area contributed by atoms with Crippen LogP contribution in [0.1, 0.15) is 29.7 Å². The molecule has 0 bridgehead atoms. The minimum Gasteiger partial charge on any atom is -0.461 e. The Hall–Kier alpha value is -1.56. The van der Waals surface area contributed by atoms with Gasteiger partial charge in [0.05, 0.1) is 6.61 Å². The molecule has 1 aliphatic rings. The lowest BCUT2D eigenvalue weighted by Gasteiger charge is -2.13. The highest BCUT2D eigenvalue weighted by molar-refractivity contribution is 5.92. The molecular weight excluding hydrogens is 244 g/mol. The third-order valence-corrected chi connectivity index (χ3v) is 3.60. The molecule has 2 N–H and O–H groups in total. The van der Waals surface area contributed by atoms with Gasteiger partial charge >= 0.3 is 5.97 Å². The Balaban J connectivity index is 2.15. The second-order valence-electron chi connectivity index (χ2n) is 5.14. The standard InChI is InChI=1S/C13H22N4O2/c1-4-19-13(18)11-12(14)17(9(2)15-11)8-10-5-6-16(3)7-10/h10H,4-8,14H2,1-3H3. The summed E-state index contributed by atoms with van der Waals surface area (Å²) in [6.45, 7) is 6.96. The molecule has 1 unspecified atom stereocenters. The number of esters is 1. The van der Waals surface area contributed by atoms with Crippen LogP contribution in [0.4, 0.5) is 5.82 Å². The Morgan fingerprint density at radius 3 is 2.89 bits per heavy atom. The Bertz CT molecular complexity index is 469. The van der Waals surface area contributed by atoms with E-state index in [9.17, 15) is 4.79 Å². The van der Waals surface area contributed by atoms with Crippen molar-refractivity contribution in [2.75, 3.05) is 32.5 Å². The number of carbonyl (C=O) groups excluding carboxylic acids is 1. The van der Waals surface area contributed by atoms with Gasteiger partial charge in [0.25, 0.3) is 0 Å². The Morgan fingerprint density at radius 1 is 1.58 bits per heavy atom. The van der Waals surface area contributed by atoms with Crippen molar-refractivity contribution in [3.05, 3.63) is 11.5 Å². The lowest BCUT2D eigenvalue weighted by atomic mass is 10.1. The molecule has 0 spiro atoms. The molecule has 1 aromatic heterocycles. The molecule has 1 fully saturated rings. The van der Waals surface area contributed by atoms with Crippen LogP contribution in [-0.4, -0.2) is 47.2 Å². The topological polar surface area (TPSA) is 73.4 Å². The van der Waals surface area contributed by atoms with Gasteiger partial charge in [-0.1, -0.05) is 0 Å². The molecule has 0 amide bonds. The number of nitrogen functional groups attached to an aromatic ring is 1. The van der Waals surface area contributed by atoms with Crippen molar-refractivity contribution < 1.29 is 9.53 Å². The summed E-state index contributed by atoms with van der Waals surface area (Å²) >= 11 is 0. The number of carbonyl (C=O) groups is 1. The number of hydrogen-bond donors (Lipinski definition) is 1. The summed E-state index contributed by atoms with van der Waals surface area (Å²) in [5.74, 6) is 1.32. The predicted octanol–water partition coefficient (Wildman–Crippen LogP) is 0.902. The summed E-state index contributed by atoms with van der Waals surface area (Å²) in [5.41, 5.74) is 6.28. The van der Waals surface area contributed by atoms with Gasteiger partial charge in [0, 0.05) is 13.1 Å². The average molecular weight is 266 g/mol. The number of rotatable bonds is 4. The zero-order valence-corrected chi connectivity index (χ0v) is 11.8. The van der Waals surface area contributed by atoms with Gasteiger partial charge in [0.2, 0.25) is 0 Å². The molecule has 1 aromatic rings. The number of nitrogens with zero attached hydrogens (tertiary/aromatic N) is 3. The lowest BCUT2D eigenvalue weighted by molar-refractivity contribution is 0.0521. The average Bonchev–Trinajstić information content (AvgIpc) is 2.88. The van der Waals surface area contributed by atoms with Crippen LogP contribution in [0.2, 0.25) is 0 Å². The number of imidazole rings is 1. The van der Waals surface area contributed by atoms with E-state index in [1.807, 2.05) is 11.5 Å². The summed E-state index contributed by atoms with van der Waals surface area (Å²) < 4.78 is 6.89. The summed E-state index contributed by atoms with van der Waals surface area (Å²) in [7, 11) is 2.12. The summed E-state index contributed by atoms with van der Waals surface area (Å²) in [6, 6.07) is 0. The minimum absolute atomic E-state index is 0.241. The molecule has 0 aliphatic carbocycles. The smallest absolute Gasteiger partial charge is 0.360 e. The Morgan fingerprint density at radius 2 is 2.32 bits per heavy atom. The Labute approximate surface area is 113 Å². The van der Waals surface area contributed by atoms with Crippen LogP contribution in [0, 0.1) is 12.8 Å². The molecule has 0 saturated carbocycles. The number of aryl methyl sites for hydroxylation is 1. The number of aromatic nitrogens is 2. The summed E-state index contributed by atoms with van der Waals surface area (Å²) in [5, 5.41) is 0. The number of anilines is 1. The first-order valence-electron chi connectivity index (χ1n) is 6.71. The zero-order valence-electron chi connectivity index (χ0n) is 11.8. The van der Waals surface area contributed by atoms with Gasteiger partial charge < -0.3 is 19.9 Å². The monoisotopic (exact) mass is 266 g/mol. The number of ether oxygens (including phenoxy) is 1. The molecule has 0 radical (unpaired) electrons. The van der Waals surface area contributed by atoms with E-state index in [4.69, 9.17) is 10.5 Å². The molecular formula is C13H22N4O2. The molecule has 6 heteroatoms. The van der Waals surface area contributed by atoms with Crippen molar-refractivity contribution in [1.82, 2.24) is 14.5 Å². The van der Waals surface area contributed by atoms with Gasteiger partial charge in [-0.25, -0.2) is 9.78 Å². The van der Waals surface area contributed by atoms with Crippen molar-refractivity contribution in [2.24, 2.45) is 5.92 Å². The molecule has 1 saturated heterocycles. The molecule has 1 aliphatic heterocycles. The third kappa shape index (κ3) is 2.89. The molecule has 0 aromatic carbocycles. The van der Waals surface area contributed by atoms with Crippen LogP contribution in [0.5, 0.6) is 0 Å². The fourth-order valence-electron chi connectivity index (χ4n) is 2.60. The largest absolute Gasteiger partial charge is 0.461 e. The molecule has 2 heterocycles. The molecule has 6 nitrogen and oxygen atoms in total. The number of likely N-dealkylation sites (tertiary alicyclic amines) is 1. The first-order valence-corrected chi connectivity index (χ1v) is 6.71. The van der Waals surface area contributed by atoms with Crippen LogP contribution >= 0.6 is 0 Å². The maximum absolute atomic E-state index is 11.7. The van der Waals surface area contributed by atoms with Crippen molar-refractivity contribution >= 4 is 11.8 Å². The van der Waals surface area contributed by atoms with Crippen molar-refractivity contribution in [3.8, 4) is 0 Å². The number of nitrogens with two attached hydrogens (primary N) is 1. The highest BCUT2D eigenvalue weighted by atomic mass is 16.5. The zero-order chi connectivity index (χ0) is 14.0. The van der Waals surface area contributed by atoms with Crippen LogP contribution in [0.25, 0.3) is 0 Å². The SMILES string of the molecule is CCOC(=O)c1nc(C)n(CC2CCN(C)C2)c1N.